The van der Waals surface area contributed by atoms with Gasteiger partial charge in [-0.25, -0.2) is 4.98 Å². The second-order valence-electron chi connectivity index (χ2n) is 3.42. The molecule has 0 unspecified atom stereocenters. The molecule has 3 nitrogen and oxygen atoms in total. The van der Waals surface area contributed by atoms with Gasteiger partial charge in [-0.3, -0.25) is 4.90 Å². The van der Waals surface area contributed by atoms with E-state index in [1.807, 2.05) is 11.6 Å². The third kappa shape index (κ3) is 2.13. The molecule has 2 heterocycles. The molecule has 0 spiro atoms. The first kappa shape index (κ1) is 9.68. The topological polar surface area (TPSA) is 19.4 Å². The Hall–Kier alpha value is -0.870. The van der Waals surface area contributed by atoms with Crippen LogP contribution in [-0.4, -0.2) is 42.6 Å². The Morgan fingerprint density at radius 2 is 2.21 bits per heavy atom. The standard InChI is InChI=1S/C10H15N3S/c1-2-3-12-4-6-13(7-5-12)10-8-14-9-11-10/h2,8-9H,1,3-7H2. The van der Waals surface area contributed by atoms with Crippen LogP contribution in [0.3, 0.4) is 0 Å². The first-order valence-electron chi connectivity index (χ1n) is 4.86. The maximum absolute atomic E-state index is 4.32. The van der Waals surface area contributed by atoms with Gasteiger partial charge in [0.2, 0.25) is 0 Å². The number of nitrogens with zero attached hydrogens (tertiary/aromatic N) is 3. The fraction of sp³-hybridized carbons (Fsp3) is 0.500. The Labute approximate surface area is 88.7 Å². The molecule has 2 rings (SSSR count). The summed E-state index contributed by atoms with van der Waals surface area (Å²) in [6.07, 6.45) is 1.97. The number of hydrogen-bond acceptors (Lipinski definition) is 4. The highest BCUT2D eigenvalue weighted by Crippen LogP contribution is 2.15. The lowest BCUT2D eigenvalue weighted by Crippen LogP contribution is -2.46. The maximum atomic E-state index is 4.32. The third-order valence-corrected chi connectivity index (χ3v) is 3.08. The lowest BCUT2D eigenvalue weighted by Gasteiger charge is -2.34. The molecule has 0 atom stereocenters. The summed E-state index contributed by atoms with van der Waals surface area (Å²) in [6.45, 7) is 9.15. The molecule has 1 fully saturated rings. The summed E-state index contributed by atoms with van der Waals surface area (Å²) in [4.78, 5) is 9.07. The Kier molecular flexibility index (Phi) is 3.16. The predicted molar refractivity (Wildman–Crippen MR) is 61.0 cm³/mol. The van der Waals surface area contributed by atoms with Crippen LogP contribution >= 0.6 is 11.3 Å². The van der Waals surface area contributed by atoms with Gasteiger partial charge in [0, 0.05) is 38.1 Å². The van der Waals surface area contributed by atoms with Crippen molar-refractivity contribution in [1.82, 2.24) is 9.88 Å². The number of thiazole rings is 1. The van der Waals surface area contributed by atoms with Crippen molar-refractivity contribution in [3.05, 3.63) is 23.5 Å². The number of hydrogen-bond donors (Lipinski definition) is 0. The number of aromatic nitrogens is 1. The molecule has 1 saturated heterocycles. The smallest absolute Gasteiger partial charge is 0.139 e. The highest BCUT2D eigenvalue weighted by Gasteiger charge is 2.16. The molecule has 0 amide bonds. The minimum atomic E-state index is 1.00. The summed E-state index contributed by atoms with van der Waals surface area (Å²) >= 11 is 1.66. The zero-order valence-corrected chi connectivity index (χ0v) is 9.04. The van der Waals surface area contributed by atoms with Crippen LogP contribution in [0.15, 0.2) is 23.5 Å². The van der Waals surface area contributed by atoms with Crippen molar-refractivity contribution in [2.75, 3.05) is 37.6 Å². The maximum Gasteiger partial charge on any atom is 0.139 e. The van der Waals surface area contributed by atoms with Crippen molar-refractivity contribution in [3.8, 4) is 0 Å². The van der Waals surface area contributed by atoms with E-state index < -0.39 is 0 Å². The summed E-state index contributed by atoms with van der Waals surface area (Å²) < 4.78 is 0. The molecule has 0 radical (unpaired) electrons. The largest absolute Gasteiger partial charge is 0.353 e. The van der Waals surface area contributed by atoms with E-state index in [-0.39, 0.29) is 0 Å². The van der Waals surface area contributed by atoms with Gasteiger partial charge < -0.3 is 4.90 Å². The van der Waals surface area contributed by atoms with Crippen molar-refractivity contribution < 1.29 is 0 Å². The van der Waals surface area contributed by atoms with Crippen LogP contribution in [0.25, 0.3) is 0 Å². The van der Waals surface area contributed by atoms with E-state index in [1.165, 1.54) is 0 Å². The molecule has 0 aromatic carbocycles. The Morgan fingerprint density at radius 3 is 2.79 bits per heavy atom. The SMILES string of the molecule is C=CCN1CCN(c2cscn2)CC1. The van der Waals surface area contributed by atoms with E-state index in [0.717, 1.165) is 38.5 Å². The molecule has 14 heavy (non-hydrogen) atoms. The molecular formula is C10H15N3S. The lowest BCUT2D eigenvalue weighted by molar-refractivity contribution is 0.283. The third-order valence-electron chi connectivity index (χ3n) is 2.50. The highest BCUT2D eigenvalue weighted by atomic mass is 32.1. The normalized spacial score (nSPS) is 18.4. The van der Waals surface area contributed by atoms with Crippen LogP contribution in [0.2, 0.25) is 0 Å². The number of rotatable bonds is 3. The van der Waals surface area contributed by atoms with Gasteiger partial charge in [0.25, 0.3) is 0 Å². The van der Waals surface area contributed by atoms with Gasteiger partial charge in [-0.15, -0.1) is 17.9 Å². The van der Waals surface area contributed by atoms with Crippen LogP contribution < -0.4 is 4.90 Å². The minimum Gasteiger partial charge on any atom is -0.353 e. The summed E-state index contributed by atoms with van der Waals surface area (Å²) in [5, 5.41) is 2.11. The van der Waals surface area contributed by atoms with Gasteiger partial charge in [-0.1, -0.05) is 6.08 Å². The zero-order chi connectivity index (χ0) is 9.80. The van der Waals surface area contributed by atoms with Crippen LogP contribution in [0.5, 0.6) is 0 Å². The van der Waals surface area contributed by atoms with E-state index in [9.17, 15) is 0 Å². The second kappa shape index (κ2) is 4.57. The summed E-state index contributed by atoms with van der Waals surface area (Å²) in [5.74, 6) is 1.13. The average Bonchev–Trinajstić information content (AvgIpc) is 2.72. The lowest BCUT2D eigenvalue weighted by atomic mass is 10.3. The molecular weight excluding hydrogens is 194 g/mol. The van der Waals surface area contributed by atoms with Gasteiger partial charge in [-0.2, -0.15) is 0 Å². The molecule has 76 valence electrons. The van der Waals surface area contributed by atoms with Gasteiger partial charge >= 0.3 is 0 Å². The summed E-state index contributed by atoms with van der Waals surface area (Å²) in [7, 11) is 0. The van der Waals surface area contributed by atoms with Crippen molar-refractivity contribution in [2.24, 2.45) is 0 Å². The van der Waals surface area contributed by atoms with E-state index in [1.54, 1.807) is 11.3 Å². The zero-order valence-electron chi connectivity index (χ0n) is 8.22. The van der Waals surface area contributed by atoms with Crippen LogP contribution in [0.1, 0.15) is 0 Å². The van der Waals surface area contributed by atoms with Gasteiger partial charge in [-0.05, 0) is 0 Å². The van der Waals surface area contributed by atoms with Gasteiger partial charge in [0.05, 0.1) is 5.51 Å². The van der Waals surface area contributed by atoms with Crippen LogP contribution in [-0.2, 0) is 0 Å². The number of anilines is 1. The first-order chi connectivity index (χ1) is 6.90. The van der Waals surface area contributed by atoms with Gasteiger partial charge in [0.1, 0.15) is 5.82 Å². The molecule has 1 aliphatic heterocycles. The van der Waals surface area contributed by atoms with E-state index in [2.05, 4.69) is 26.7 Å². The Balaban J connectivity index is 1.87. The summed E-state index contributed by atoms with van der Waals surface area (Å²) in [6, 6.07) is 0. The molecule has 0 bridgehead atoms. The van der Waals surface area contributed by atoms with E-state index >= 15 is 0 Å². The van der Waals surface area contributed by atoms with Crippen molar-refractivity contribution in [3.63, 3.8) is 0 Å². The van der Waals surface area contributed by atoms with Crippen molar-refractivity contribution in [1.29, 1.82) is 0 Å². The Morgan fingerprint density at radius 1 is 1.43 bits per heavy atom. The molecule has 0 N–H and O–H groups in total. The highest BCUT2D eigenvalue weighted by molar-refractivity contribution is 7.07. The minimum absolute atomic E-state index is 1.00. The summed E-state index contributed by atoms with van der Waals surface area (Å²) in [5.41, 5.74) is 1.89. The molecule has 0 aliphatic carbocycles. The monoisotopic (exact) mass is 209 g/mol. The fourth-order valence-electron chi connectivity index (χ4n) is 1.70. The average molecular weight is 209 g/mol. The van der Waals surface area contributed by atoms with Crippen molar-refractivity contribution >= 4 is 17.2 Å². The van der Waals surface area contributed by atoms with E-state index in [4.69, 9.17) is 0 Å². The Bertz CT molecular complexity index is 276. The number of piperazine rings is 1. The van der Waals surface area contributed by atoms with Crippen LogP contribution in [0, 0.1) is 0 Å². The van der Waals surface area contributed by atoms with Crippen LogP contribution in [0.4, 0.5) is 5.82 Å². The molecule has 4 heteroatoms. The quantitative estimate of drug-likeness (QED) is 0.702. The van der Waals surface area contributed by atoms with Crippen molar-refractivity contribution in [2.45, 2.75) is 0 Å². The second-order valence-corrected chi connectivity index (χ2v) is 4.14. The molecule has 0 saturated carbocycles. The fourth-order valence-corrected chi connectivity index (χ4v) is 2.27. The van der Waals surface area contributed by atoms with E-state index in [0.29, 0.717) is 0 Å². The predicted octanol–water partition coefficient (Wildman–Crippen LogP) is 1.45. The van der Waals surface area contributed by atoms with Gasteiger partial charge in [0.15, 0.2) is 0 Å². The molecule has 1 aliphatic rings. The molecule has 1 aromatic heterocycles. The molecule has 1 aromatic rings. The first-order valence-corrected chi connectivity index (χ1v) is 5.81.